The van der Waals surface area contributed by atoms with Gasteiger partial charge >= 0.3 is 0 Å². The lowest BCUT2D eigenvalue weighted by molar-refractivity contribution is -0.124. The minimum atomic E-state index is -0.251. The van der Waals surface area contributed by atoms with Gasteiger partial charge in [-0.05, 0) is 24.6 Å². The number of anilines is 3. The number of para-hydroxylation sites is 1. The van der Waals surface area contributed by atoms with Crippen molar-refractivity contribution in [3.63, 3.8) is 0 Å². The Bertz CT molecular complexity index is 664. The summed E-state index contributed by atoms with van der Waals surface area (Å²) in [6.45, 7) is 2.06. The minimum absolute atomic E-state index is 0.127. The highest BCUT2D eigenvalue weighted by molar-refractivity contribution is 7.17. The summed E-state index contributed by atoms with van der Waals surface area (Å²) in [6.07, 6.45) is 0.752. The monoisotopic (exact) mass is 286 g/mol. The van der Waals surface area contributed by atoms with E-state index < -0.39 is 0 Å². The first-order valence-electron chi connectivity index (χ1n) is 6.49. The average molecular weight is 286 g/mol. The Hall–Kier alpha value is -2.14. The van der Waals surface area contributed by atoms with Crippen molar-refractivity contribution >= 4 is 39.5 Å². The summed E-state index contributed by atoms with van der Waals surface area (Å²) in [5, 5.41) is 3.58. The molecule has 4 nitrogen and oxygen atoms in total. The normalized spacial score (nSPS) is 14.8. The van der Waals surface area contributed by atoms with E-state index in [4.69, 9.17) is 0 Å². The summed E-state index contributed by atoms with van der Waals surface area (Å²) >= 11 is 1.53. The first-order chi connectivity index (χ1) is 9.69. The van der Waals surface area contributed by atoms with Crippen molar-refractivity contribution < 1.29 is 9.59 Å². The zero-order chi connectivity index (χ0) is 14.1. The second-order valence-electron chi connectivity index (χ2n) is 4.57. The number of benzene rings is 1. The van der Waals surface area contributed by atoms with Crippen LogP contribution in [0.25, 0.3) is 0 Å². The number of carbonyl (C=O) groups is 2. The number of nitrogens with one attached hydrogen (secondary N) is 1. The standard InChI is InChI=1S/C15H14N2O2S/c1-2-11-8-12-15(20-11)16-13(18)9-14(19)17(12)10-6-4-3-5-7-10/h3-8H,2,9H2,1H3,(H,16,18). The summed E-state index contributed by atoms with van der Waals surface area (Å²) in [5.41, 5.74) is 1.56. The molecule has 5 heteroatoms. The highest BCUT2D eigenvalue weighted by atomic mass is 32.1. The van der Waals surface area contributed by atoms with E-state index in [9.17, 15) is 9.59 Å². The number of hydrogen-bond donors (Lipinski definition) is 1. The molecule has 0 radical (unpaired) electrons. The summed E-state index contributed by atoms with van der Waals surface area (Å²) in [4.78, 5) is 26.9. The van der Waals surface area contributed by atoms with Gasteiger partial charge in [0.1, 0.15) is 11.4 Å². The lowest BCUT2D eigenvalue weighted by Crippen LogP contribution is -2.26. The highest BCUT2D eigenvalue weighted by Gasteiger charge is 2.29. The van der Waals surface area contributed by atoms with Crippen LogP contribution in [-0.4, -0.2) is 11.8 Å². The maximum atomic E-state index is 12.4. The number of nitrogens with zero attached hydrogens (tertiary/aromatic N) is 1. The second-order valence-corrected chi connectivity index (χ2v) is 5.71. The molecule has 3 rings (SSSR count). The predicted octanol–water partition coefficient (Wildman–Crippen LogP) is 3.32. The van der Waals surface area contributed by atoms with E-state index in [0.717, 1.165) is 27.7 Å². The van der Waals surface area contributed by atoms with Crippen molar-refractivity contribution in [2.45, 2.75) is 19.8 Å². The van der Waals surface area contributed by atoms with Crippen LogP contribution in [0.2, 0.25) is 0 Å². The molecule has 0 spiro atoms. The van der Waals surface area contributed by atoms with E-state index in [1.54, 1.807) is 4.90 Å². The van der Waals surface area contributed by atoms with Gasteiger partial charge in [-0.2, -0.15) is 0 Å². The Morgan fingerprint density at radius 1 is 1.25 bits per heavy atom. The maximum absolute atomic E-state index is 12.4. The largest absolute Gasteiger partial charge is 0.316 e. The number of amides is 2. The van der Waals surface area contributed by atoms with E-state index >= 15 is 0 Å². The van der Waals surface area contributed by atoms with Crippen LogP contribution in [-0.2, 0) is 16.0 Å². The van der Waals surface area contributed by atoms with Gasteiger partial charge in [-0.3, -0.25) is 14.5 Å². The zero-order valence-corrected chi connectivity index (χ0v) is 11.9. The number of thiophene rings is 1. The fourth-order valence-corrected chi connectivity index (χ4v) is 3.24. The van der Waals surface area contributed by atoms with Crippen LogP contribution in [0.15, 0.2) is 36.4 Å². The van der Waals surface area contributed by atoms with Crippen LogP contribution in [0.4, 0.5) is 16.4 Å². The number of rotatable bonds is 2. The Balaban J connectivity index is 2.14. The van der Waals surface area contributed by atoms with Gasteiger partial charge in [-0.1, -0.05) is 25.1 Å². The third kappa shape index (κ3) is 2.20. The van der Waals surface area contributed by atoms with Gasteiger partial charge < -0.3 is 5.32 Å². The first-order valence-corrected chi connectivity index (χ1v) is 7.31. The SMILES string of the molecule is CCc1cc2c(s1)NC(=O)CC(=O)N2c1ccccc1. The van der Waals surface area contributed by atoms with E-state index in [-0.39, 0.29) is 18.2 Å². The van der Waals surface area contributed by atoms with Crippen molar-refractivity contribution in [1.29, 1.82) is 0 Å². The van der Waals surface area contributed by atoms with Gasteiger partial charge in [0.25, 0.3) is 0 Å². The van der Waals surface area contributed by atoms with Gasteiger partial charge in [0.2, 0.25) is 11.8 Å². The number of aryl methyl sites for hydroxylation is 1. The van der Waals surface area contributed by atoms with Crippen molar-refractivity contribution in [3.8, 4) is 0 Å². The summed E-state index contributed by atoms with van der Waals surface area (Å²) in [7, 11) is 0. The molecular weight excluding hydrogens is 272 g/mol. The van der Waals surface area contributed by atoms with E-state index in [2.05, 4.69) is 12.2 Å². The molecule has 1 N–H and O–H groups in total. The van der Waals surface area contributed by atoms with Gasteiger partial charge in [0, 0.05) is 10.6 Å². The lowest BCUT2D eigenvalue weighted by atomic mass is 10.2. The van der Waals surface area contributed by atoms with Crippen molar-refractivity contribution in [3.05, 3.63) is 41.3 Å². The molecule has 2 heterocycles. The van der Waals surface area contributed by atoms with Crippen LogP contribution in [0.3, 0.4) is 0 Å². The van der Waals surface area contributed by atoms with Crippen molar-refractivity contribution in [2.24, 2.45) is 0 Å². The van der Waals surface area contributed by atoms with Crippen LogP contribution in [0.5, 0.6) is 0 Å². The van der Waals surface area contributed by atoms with Crippen LogP contribution >= 0.6 is 11.3 Å². The molecule has 0 saturated carbocycles. The van der Waals surface area contributed by atoms with Crippen LogP contribution in [0.1, 0.15) is 18.2 Å². The molecule has 0 unspecified atom stereocenters. The molecule has 0 aliphatic carbocycles. The Labute approximate surface area is 121 Å². The van der Waals surface area contributed by atoms with E-state index in [1.165, 1.54) is 11.3 Å². The molecule has 0 saturated heterocycles. The summed E-state index contributed by atoms with van der Waals surface area (Å²) < 4.78 is 0. The van der Waals surface area contributed by atoms with Crippen molar-refractivity contribution in [2.75, 3.05) is 10.2 Å². The van der Waals surface area contributed by atoms with Gasteiger partial charge in [-0.15, -0.1) is 11.3 Å². The molecule has 20 heavy (non-hydrogen) atoms. The first kappa shape index (κ1) is 12.9. The molecule has 1 aromatic heterocycles. The second kappa shape index (κ2) is 5.09. The maximum Gasteiger partial charge on any atom is 0.241 e. The third-order valence-electron chi connectivity index (χ3n) is 3.18. The third-order valence-corrected chi connectivity index (χ3v) is 4.37. The lowest BCUT2D eigenvalue weighted by Gasteiger charge is -2.20. The Morgan fingerprint density at radius 2 is 2.00 bits per heavy atom. The summed E-state index contributed by atoms with van der Waals surface area (Å²) in [5.74, 6) is -0.452. The fourth-order valence-electron chi connectivity index (χ4n) is 2.24. The van der Waals surface area contributed by atoms with Gasteiger partial charge in [-0.25, -0.2) is 0 Å². The Kier molecular flexibility index (Phi) is 3.28. The number of hydrogen-bond acceptors (Lipinski definition) is 3. The zero-order valence-electron chi connectivity index (χ0n) is 11.1. The van der Waals surface area contributed by atoms with Crippen LogP contribution in [0, 0.1) is 0 Å². The highest BCUT2D eigenvalue weighted by Crippen LogP contribution is 2.41. The van der Waals surface area contributed by atoms with Crippen molar-refractivity contribution in [1.82, 2.24) is 0 Å². The van der Waals surface area contributed by atoms with Gasteiger partial charge in [0.15, 0.2) is 0 Å². The molecule has 2 amide bonds. The molecule has 1 aromatic carbocycles. The fraction of sp³-hybridized carbons (Fsp3) is 0.200. The topological polar surface area (TPSA) is 49.4 Å². The molecule has 0 fully saturated rings. The predicted molar refractivity (Wildman–Crippen MR) is 80.5 cm³/mol. The number of carbonyl (C=O) groups excluding carboxylic acids is 2. The quantitative estimate of drug-likeness (QED) is 0.861. The van der Waals surface area contributed by atoms with Crippen LogP contribution < -0.4 is 10.2 Å². The molecule has 2 aromatic rings. The average Bonchev–Trinajstić information content (AvgIpc) is 2.78. The van der Waals surface area contributed by atoms with Gasteiger partial charge in [0.05, 0.1) is 5.69 Å². The van der Waals surface area contributed by atoms with E-state index in [1.807, 2.05) is 36.4 Å². The smallest absolute Gasteiger partial charge is 0.241 e. The molecule has 102 valence electrons. The Morgan fingerprint density at radius 3 is 2.70 bits per heavy atom. The molecule has 0 bridgehead atoms. The molecule has 0 atom stereocenters. The molecule has 1 aliphatic rings. The summed E-state index contributed by atoms with van der Waals surface area (Å²) in [6, 6.07) is 11.4. The molecule has 1 aliphatic heterocycles. The van der Waals surface area contributed by atoms with E-state index in [0.29, 0.717) is 0 Å². The number of fused-ring (bicyclic) bond motifs is 1. The molecular formula is C15H14N2O2S. The minimum Gasteiger partial charge on any atom is -0.316 e.